The second-order valence-electron chi connectivity index (χ2n) is 2.70. The zero-order chi connectivity index (χ0) is 9.68. The van der Waals surface area contributed by atoms with Crippen molar-refractivity contribution < 1.29 is 14.6 Å². The van der Waals surface area contributed by atoms with E-state index >= 15 is 0 Å². The molecular weight excluding hydrogens is 168 g/mol. The fourth-order valence-electron chi connectivity index (χ4n) is 1.08. The molecule has 1 unspecified atom stereocenters. The summed E-state index contributed by atoms with van der Waals surface area (Å²) < 4.78 is 4.97. The van der Waals surface area contributed by atoms with E-state index in [1.165, 1.54) is 0 Å². The highest BCUT2D eigenvalue weighted by Crippen LogP contribution is 2.17. The second kappa shape index (κ2) is 4.62. The van der Waals surface area contributed by atoms with Crippen molar-refractivity contribution in [3.05, 3.63) is 29.8 Å². The molecule has 0 aromatic heterocycles. The largest absolute Gasteiger partial charge is 0.497 e. The fraction of sp³-hybridized carbons (Fsp3) is 0.300. The number of rotatable bonds is 4. The van der Waals surface area contributed by atoms with E-state index in [1.54, 1.807) is 31.4 Å². The summed E-state index contributed by atoms with van der Waals surface area (Å²) in [5, 5.41) is 8.84. The summed E-state index contributed by atoms with van der Waals surface area (Å²) >= 11 is 0. The van der Waals surface area contributed by atoms with Crippen molar-refractivity contribution in [1.82, 2.24) is 0 Å². The number of benzene rings is 1. The number of aliphatic hydroxyl groups is 1. The van der Waals surface area contributed by atoms with Crippen LogP contribution in [0.5, 0.6) is 5.75 Å². The Kier molecular flexibility index (Phi) is 3.46. The number of methoxy groups -OCH3 is 1. The number of aliphatic hydroxyl groups excluding tert-OH is 1. The van der Waals surface area contributed by atoms with Crippen molar-refractivity contribution in [3.8, 4) is 5.75 Å². The van der Waals surface area contributed by atoms with E-state index in [2.05, 4.69) is 0 Å². The normalized spacial score (nSPS) is 12.2. The molecule has 0 fully saturated rings. The molecule has 1 rings (SSSR count). The first-order chi connectivity index (χ1) is 6.31. The molecule has 0 aliphatic rings. The third-order valence-electron chi connectivity index (χ3n) is 1.90. The van der Waals surface area contributed by atoms with Crippen LogP contribution in [0.1, 0.15) is 11.5 Å². The van der Waals surface area contributed by atoms with Crippen LogP contribution in [0.3, 0.4) is 0 Å². The van der Waals surface area contributed by atoms with Gasteiger partial charge in [-0.05, 0) is 17.7 Å². The maximum atomic E-state index is 10.5. The van der Waals surface area contributed by atoms with Gasteiger partial charge < -0.3 is 14.6 Å². The smallest absolute Gasteiger partial charge is 0.129 e. The molecule has 0 saturated carbocycles. The molecule has 0 heterocycles. The highest BCUT2D eigenvalue weighted by Gasteiger charge is 2.07. The van der Waals surface area contributed by atoms with Crippen LogP contribution < -0.4 is 4.74 Å². The Morgan fingerprint density at radius 2 is 2.08 bits per heavy atom. The molecule has 3 heteroatoms. The molecule has 0 aliphatic carbocycles. The Hall–Kier alpha value is -1.35. The summed E-state index contributed by atoms with van der Waals surface area (Å²) in [4.78, 5) is 10.5. The minimum Gasteiger partial charge on any atom is -0.497 e. The van der Waals surface area contributed by atoms with Gasteiger partial charge in [-0.1, -0.05) is 12.1 Å². The Morgan fingerprint density at radius 1 is 1.46 bits per heavy atom. The molecule has 0 aliphatic heterocycles. The van der Waals surface area contributed by atoms with Gasteiger partial charge in [0.15, 0.2) is 0 Å². The van der Waals surface area contributed by atoms with Crippen LogP contribution in [0, 0.1) is 0 Å². The van der Waals surface area contributed by atoms with Crippen molar-refractivity contribution in [2.24, 2.45) is 0 Å². The summed E-state index contributed by atoms with van der Waals surface area (Å²) in [6, 6.07) is 7.07. The first kappa shape index (κ1) is 9.74. The van der Waals surface area contributed by atoms with E-state index in [0.29, 0.717) is 0 Å². The first-order valence-electron chi connectivity index (χ1n) is 4.02. The van der Waals surface area contributed by atoms with Gasteiger partial charge in [0.05, 0.1) is 19.6 Å². The number of hydrogen-bond donors (Lipinski definition) is 1. The lowest BCUT2D eigenvalue weighted by molar-refractivity contribution is -0.109. The predicted octanol–water partition coefficient (Wildman–Crippen LogP) is 0.970. The molecule has 0 spiro atoms. The quantitative estimate of drug-likeness (QED) is 0.702. The number of hydrogen-bond acceptors (Lipinski definition) is 3. The third kappa shape index (κ3) is 2.29. The Morgan fingerprint density at radius 3 is 2.46 bits per heavy atom. The molecule has 0 saturated heterocycles. The molecular formula is C10H12O3. The summed E-state index contributed by atoms with van der Waals surface area (Å²) in [6.45, 7) is -0.157. The highest BCUT2D eigenvalue weighted by atomic mass is 16.5. The van der Waals surface area contributed by atoms with Gasteiger partial charge >= 0.3 is 0 Å². The van der Waals surface area contributed by atoms with Gasteiger partial charge in [0.25, 0.3) is 0 Å². The molecule has 1 aromatic rings. The minimum absolute atomic E-state index is 0.157. The zero-order valence-corrected chi connectivity index (χ0v) is 7.43. The van der Waals surface area contributed by atoms with Crippen LogP contribution in [0.25, 0.3) is 0 Å². The van der Waals surface area contributed by atoms with Crippen LogP contribution in [0.2, 0.25) is 0 Å². The van der Waals surface area contributed by atoms with E-state index in [-0.39, 0.29) is 6.61 Å². The van der Waals surface area contributed by atoms with Gasteiger partial charge in [-0.3, -0.25) is 0 Å². The van der Waals surface area contributed by atoms with Crippen LogP contribution in [0.15, 0.2) is 24.3 Å². The number of carbonyl (C=O) groups is 1. The summed E-state index contributed by atoms with van der Waals surface area (Å²) in [5.41, 5.74) is 0.804. The molecule has 1 aromatic carbocycles. The van der Waals surface area contributed by atoms with E-state index in [9.17, 15) is 4.79 Å². The van der Waals surface area contributed by atoms with Gasteiger partial charge in [-0.15, -0.1) is 0 Å². The average molecular weight is 180 g/mol. The van der Waals surface area contributed by atoms with Crippen LogP contribution in [-0.4, -0.2) is 25.1 Å². The topological polar surface area (TPSA) is 46.5 Å². The highest BCUT2D eigenvalue weighted by molar-refractivity contribution is 5.62. The maximum Gasteiger partial charge on any atom is 0.129 e. The summed E-state index contributed by atoms with van der Waals surface area (Å²) in [7, 11) is 1.58. The van der Waals surface area contributed by atoms with Crippen molar-refractivity contribution >= 4 is 6.29 Å². The number of carbonyl (C=O) groups excluding carboxylic acids is 1. The van der Waals surface area contributed by atoms with Gasteiger partial charge in [0.1, 0.15) is 12.0 Å². The van der Waals surface area contributed by atoms with Gasteiger partial charge in [0, 0.05) is 0 Å². The van der Waals surface area contributed by atoms with E-state index in [1.807, 2.05) is 0 Å². The average Bonchev–Trinajstić information content (AvgIpc) is 2.21. The van der Waals surface area contributed by atoms with Gasteiger partial charge in [0.2, 0.25) is 0 Å². The summed E-state index contributed by atoms with van der Waals surface area (Å²) in [6.07, 6.45) is 0.738. The van der Waals surface area contributed by atoms with Gasteiger partial charge in [-0.2, -0.15) is 0 Å². The second-order valence-corrected chi connectivity index (χ2v) is 2.70. The Balaban J connectivity index is 2.83. The molecule has 13 heavy (non-hydrogen) atoms. The van der Waals surface area contributed by atoms with Crippen molar-refractivity contribution in [3.63, 3.8) is 0 Å². The first-order valence-corrected chi connectivity index (χ1v) is 4.02. The van der Waals surface area contributed by atoms with E-state index in [0.717, 1.165) is 17.6 Å². The number of ether oxygens (including phenoxy) is 1. The molecule has 1 atom stereocenters. The Labute approximate surface area is 77.0 Å². The lowest BCUT2D eigenvalue weighted by atomic mass is 10.0. The molecule has 1 N–H and O–H groups in total. The predicted molar refractivity (Wildman–Crippen MR) is 48.9 cm³/mol. The zero-order valence-electron chi connectivity index (χ0n) is 7.43. The van der Waals surface area contributed by atoms with Crippen molar-refractivity contribution in [1.29, 1.82) is 0 Å². The third-order valence-corrected chi connectivity index (χ3v) is 1.90. The molecule has 3 nitrogen and oxygen atoms in total. The maximum absolute atomic E-state index is 10.5. The minimum atomic E-state index is -0.425. The fourth-order valence-corrected chi connectivity index (χ4v) is 1.08. The Bertz CT molecular complexity index is 266. The van der Waals surface area contributed by atoms with Crippen LogP contribution in [0.4, 0.5) is 0 Å². The lowest BCUT2D eigenvalue weighted by Gasteiger charge is -2.07. The van der Waals surface area contributed by atoms with Crippen LogP contribution in [-0.2, 0) is 4.79 Å². The standard InChI is InChI=1S/C10H12O3/c1-13-10-4-2-8(3-5-10)9(6-11)7-12/h2-6,9,12H,7H2,1H3. The molecule has 0 amide bonds. The van der Waals surface area contributed by atoms with Crippen LogP contribution >= 0.6 is 0 Å². The van der Waals surface area contributed by atoms with E-state index < -0.39 is 5.92 Å². The van der Waals surface area contributed by atoms with Gasteiger partial charge in [-0.25, -0.2) is 0 Å². The molecule has 70 valence electrons. The van der Waals surface area contributed by atoms with Crippen molar-refractivity contribution in [2.75, 3.05) is 13.7 Å². The monoisotopic (exact) mass is 180 g/mol. The molecule has 0 radical (unpaired) electrons. The SMILES string of the molecule is COc1ccc(C(C=O)CO)cc1. The number of aldehydes is 1. The molecule has 0 bridgehead atoms. The lowest BCUT2D eigenvalue weighted by Crippen LogP contribution is -2.04. The summed E-state index contributed by atoms with van der Waals surface area (Å²) in [5.74, 6) is 0.317. The van der Waals surface area contributed by atoms with Crippen molar-refractivity contribution in [2.45, 2.75) is 5.92 Å². The van der Waals surface area contributed by atoms with E-state index in [4.69, 9.17) is 9.84 Å².